The van der Waals surface area contributed by atoms with Gasteiger partial charge in [0.1, 0.15) is 17.5 Å². The minimum Gasteiger partial charge on any atom is -0.383 e. The lowest BCUT2D eigenvalue weighted by Gasteiger charge is -2.10. The third-order valence-electron chi connectivity index (χ3n) is 3.43. The van der Waals surface area contributed by atoms with Crippen molar-refractivity contribution in [3.63, 3.8) is 0 Å². The van der Waals surface area contributed by atoms with Gasteiger partial charge in [-0.2, -0.15) is 5.26 Å². The molecular weight excluding hydrogens is 374 g/mol. The summed E-state index contributed by atoms with van der Waals surface area (Å²) in [5.41, 5.74) is 9.63. The summed E-state index contributed by atoms with van der Waals surface area (Å²) in [6.07, 6.45) is 0. The van der Waals surface area contributed by atoms with E-state index in [0.29, 0.717) is 16.3 Å². The van der Waals surface area contributed by atoms with Crippen molar-refractivity contribution in [2.75, 3.05) is 5.73 Å². The normalized spacial score (nSPS) is 10.3. The lowest BCUT2D eigenvalue weighted by atomic mass is 9.98. The molecule has 1 heterocycles. The number of nitrogens with zero attached hydrogens (tertiary/aromatic N) is 2. The van der Waals surface area contributed by atoms with Crippen LogP contribution in [0.4, 0.5) is 5.82 Å². The molecule has 23 heavy (non-hydrogen) atoms. The quantitative estimate of drug-likeness (QED) is 0.653. The first-order valence-electron chi connectivity index (χ1n) is 6.81. The van der Waals surface area contributed by atoms with E-state index in [1.807, 2.05) is 42.5 Å². The molecule has 112 valence electrons. The molecule has 0 bridgehead atoms. The number of anilines is 1. The van der Waals surface area contributed by atoms with Gasteiger partial charge in [0.2, 0.25) is 0 Å². The second-order valence-corrected chi connectivity index (χ2v) is 6.30. The van der Waals surface area contributed by atoms with Crippen LogP contribution >= 0.6 is 27.5 Å². The Labute approximate surface area is 147 Å². The van der Waals surface area contributed by atoms with Crippen LogP contribution in [0, 0.1) is 11.3 Å². The van der Waals surface area contributed by atoms with E-state index < -0.39 is 0 Å². The summed E-state index contributed by atoms with van der Waals surface area (Å²) in [4.78, 5) is 4.35. The zero-order valence-electron chi connectivity index (χ0n) is 11.9. The number of rotatable bonds is 2. The van der Waals surface area contributed by atoms with Gasteiger partial charge in [-0.25, -0.2) is 4.98 Å². The number of nitrogen functional groups attached to an aromatic ring is 1. The zero-order valence-corrected chi connectivity index (χ0v) is 14.3. The molecule has 2 N–H and O–H groups in total. The molecule has 0 unspecified atom stereocenters. The predicted molar refractivity (Wildman–Crippen MR) is 96.9 cm³/mol. The van der Waals surface area contributed by atoms with Gasteiger partial charge in [0, 0.05) is 20.6 Å². The van der Waals surface area contributed by atoms with Crippen LogP contribution in [0.3, 0.4) is 0 Å². The molecule has 0 saturated heterocycles. The van der Waals surface area contributed by atoms with Gasteiger partial charge < -0.3 is 5.73 Å². The van der Waals surface area contributed by atoms with Crippen molar-refractivity contribution >= 4 is 33.3 Å². The van der Waals surface area contributed by atoms with Crippen molar-refractivity contribution < 1.29 is 0 Å². The molecule has 0 aliphatic heterocycles. The summed E-state index contributed by atoms with van der Waals surface area (Å²) in [5, 5.41) is 10.1. The lowest BCUT2D eigenvalue weighted by molar-refractivity contribution is 1.31. The number of hydrogen-bond acceptors (Lipinski definition) is 3. The van der Waals surface area contributed by atoms with Crippen LogP contribution in [-0.2, 0) is 0 Å². The van der Waals surface area contributed by atoms with Gasteiger partial charge in [-0.05, 0) is 35.9 Å². The highest BCUT2D eigenvalue weighted by Gasteiger charge is 2.13. The molecule has 0 saturated carbocycles. The third-order valence-corrected chi connectivity index (χ3v) is 4.18. The number of nitriles is 1. The van der Waals surface area contributed by atoms with Crippen LogP contribution < -0.4 is 5.73 Å². The molecular formula is C18H11BrClN3. The molecule has 0 atom stereocenters. The van der Waals surface area contributed by atoms with Gasteiger partial charge in [-0.3, -0.25) is 0 Å². The number of pyridine rings is 1. The highest BCUT2D eigenvalue weighted by atomic mass is 79.9. The van der Waals surface area contributed by atoms with E-state index in [-0.39, 0.29) is 5.82 Å². The Hall–Kier alpha value is -2.35. The monoisotopic (exact) mass is 383 g/mol. The standard InChI is InChI=1S/C18H11BrClN3/c19-13-3-1-2-12(8-13)15-9-17(23-18(22)16(15)10-21)11-4-6-14(20)7-5-11/h1-9H,(H2,22,23). The summed E-state index contributed by atoms with van der Waals surface area (Å²) >= 11 is 9.38. The Morgan fingerprint density at radius 2 is 1.78 bits per heavy atom. The molecule has 0 aliphatic rings. The average molecular weight is 385 g/mol. The first kappa shape index (κ1) is 15.5. The Morgan fingerprint density at radius 3 is 2.43 bits per heavy atom. The van der Waals surface area contributed by atoms with Crippen molar-refractivity contribution in [3.8, 4) is 28.5 Å². The van der Waals surface area contributed by atoms with E-state index >= 15 is 0 Å². The Kier molecular flexibility index (Phi) is 4.33. The van der Waals surface area contributed by atoms with Crippen LogP contribution in [0.25, 0.3) is 22.4 Å². The Balaban J connectivity index is 2.22. The Morgan fingerprint density at radius 1 is 1.04 bits per heavy atom. The maximum atomic E-state index is 9.43. The fourth-order valence-corrected chi connectivity index (χ4v) is 2.86. The van der Waals surface area contributed by atoms with Crippen LogP contribution in [0.5, 0.6) is 0 Å². The van der Waals surface area contributed by atoms with Gasteiger partial charge in [0.15, 0.2) is 0 Å². The van der Waals surface area contributed by atoms with Crippen LogP contribution in [0.1, 0.15) is 5.56 Å². The molecule has 0 amide bonds. The van der Waals surface area contributed by atoms with Crippen molar-refractivity contribution in [2.45, 2.75) is 0 Å². The average Bonchev–Trinajstić information content (AvgIpc) is 2.55. The number of benzene rings is 2. The van der Waals surface area contributed by atoms with Crippen molar-refractivity contribution in [1.82, 2.24) is 4.98 Å². The Bertz CT molecular complexity index is 915. The first-order valence-corrected chi connectivity index (χ1v) is 7.98. The smallest absolute Gasteiger partial charge is 0.142 e. The number of halogens is 2. The molecule has 0 radical (unpaired) electrons. The van der Waals surface area contributed by atoms with Gasteiger partial charge in [-0.15, -0.1) is 0 Å². The van der Waals surface area contributed by atoms with E-state index in [2.05, 4.69) is 27.0 Å². The largest absolute Gasteiger partial charge is 0.383 e. The van der Waals surface area contributed by atoms with Crippen LogP contribution in [0.15, 0.2) is 59.1 Å². The topological polar surface area (TPSA) is 62.7 Å². The van der Waals surface area contributed by atoms with E-state index in [0.717, 1.165) is 21.2 Å². The van der Waals surface area contributed by atoms with E-state index in [1.54, 1.807) is 12.1 Å². The molecule has 2 aromatic carbocycles. The molecule has 3 nitrogen and oxygen atoms in total. The van der Waals surface area contributed by atoms with Crippen LogP contribution in [-0.4, -0.2) is 4.98 Å². The molecule has 1 aromatic heterocycles. The molecule has 3 aromatic rings. The molecule has 0 fully saturated rings. The van der Waals surface area contributed by atoms with Crippen LogP contribution in [0.2, 0.25) is 5.02 Å². The highest BCUT2D eigenvalue weighted by Crippen LogP contribution is 2.32. The summed E-state index contributed by atoms with van der Waals surface area (Å²) in [6.45, 7) is 0. The van der Waals surface area contributed by atoms with Gasteiger partial charge in [0.25, 0.3) is 0 Å². The fraction of sp³-hybridized carbons (Fsp3) is 0. The molecule has 3 rings (SSSR count). The number of nitrogens with two attached hydrogens (primary N) is 1. The lowest BCUT2D eigenvalue weighted by Crippen LogP contribution is -1.99. The maximum Gasteiger partial charge on any atom is 0.142 e. The van der Waals surface area contributed by atoms with Crippen molar-refractivity contribution in [3.05, 3.63) is 69.7 Å². The molecule has 0 aliphatic carbocycles. The predicted octanol–water partition coefficient (Wildman–Crippen LogP) is 5.29. The second-order valence-electron chi connectivity index (χ2n) is 4.94. The third kappa shape index (κ3) is 3.21. The van der Waals surface area contributed by atoms with Gasteiger partial charge >= 0.3 is 0 Å². The highest BCUT2D eigenvalue weighted by molar-refractivity contribution is 9.10. The maximum absolute atomic E-state index is 9.43. The van der Waals surface area contributed by atoms with Gasteiger partial charge in [0.05, 0.1) is 5.69 Å². The van der Waals surface area contributed by atoms with E-state index in [4.69, 9.17) is 17.3 Å². The first-order chi connectivity index (χ1) is 11.1. The van der Waals surface area contributed by atoms with Gasteiger partial charge in [-0.1, -0.05) is 51.8 Å². The van der Waals surface area contributed by atoms with Crippen molar-refractivity contribution in [1.29, 1.82) is 5.26 Å². The minimum absolute atomic E-state index is 0.218. The SMILES string of the molecule is N#Cc1c(-c2cccc(Br)c2)cc(-c2ccc(Cl)cc2)nc1N. The minimum atomic E-state index is 0.218. The summed E-state index contributed by atoms with van der Waals surface area (Å²) in [5.74, 6) is 0.218. The zero-order chi connectivity index (χ0) is 16.4. The van der Waals surface area contributed by atoms with E-state index in [9.17, 15) is 5.26 Å². The van der Waals surface area contributed by atoms with Crippen molar-refractivity contribution in [2.24, 2.45) is 0 Å². The van der Waals surface area contributed by atoms with E-state index in [1.165, 1.54) is 0 Å². The summed E-state index contributed by atoms with van der Waals surface area (Å²) in [7, 11) is 0. The summed E-state index contributed by atoms with van der Waals surface area (Å²) in [6, 6.07) is 19.1. The number of aromatic nitrogens is 1. The summed E-state index contributed by atoms with van der Waals surface area (Å²) < 4.78 is 0.933. The second kappa shape index (κ2) is 6.41. The molecule has 5 heteroatoms. The fourth-order valence-electron chi connectivity index (χ4n) is 2.33. The molecule has 0 spiro atoms. The number of hydrogen-bond donors (Lipinski definition) is 1.